The van der Waals surface area contributed by atoms with Crippen molar-refractivity contribution in [2.75, 3.05) is 6.54 Å². The number of benzene rings is 2. The predicted octanol–water partition coefficient (Wildman–Crippen LogP) is 3.63. The van der Waals surface area contributed by atoms with Gasteiger partial charge < -0.3 is 9.64 Å². The maximum atomic E-state index is 12.2. The van der Waals surface area contributed by atoms with Crippen LogP contribution in [0.5, 0.6) is 5.75 Å². The molecule has 5 nitrogen and oxygen atoms in total. The summed E-state index contributed by atoms with van der Waals surface area (Å²) in [5.41, 5.74) is 4.76. The summed E-state index contributed by atoms with van der Waals surface area (Å²) in [4.78, 5) is 14.0. The smallest absolute Gasteiger partial charge is 0.254 e. The van der Waals surface area contributed by atoms with Gasteiger partial charge in [0.25, 0.3) is 5.91 Å². The van der Waals surface area contributed by atoms with E-state index in [0.29, 0.717) is 13.2 Å². The molecule has 2 heterocycles. The topological polar surface area (TPSA) is 58.2 Å². The van der Waals surface area contributed by atoms with Gasteiger partial charge in [-0.05, 0) is 30.7 Å². The van der Waals surface area contributed by atoms with Crippen molar-refractivity contribution in [3.8, 4) is 17.0 Å². The molecule has 0 saturated heterocycles. The van der Waals surface area contributed by atoms with Crippen molar-refractivity contribution >= 4 is 5.91 Å². The van der Waals surface area contributed by atoms with Crippen molar-refractivity contribution in [1.29, 1.82) is 0 Å². The Morgan fingerprint density at radius 3 is 2.84 bits per heavy atom. The first-order chi connectivity index (χ1) is 12.3. The number of aromatic nitrogens is 2. The maximum Gasteiger partial charge on any atom is 0.254 e. The largest absolute Gasteiger partial charge is 0.489 e. The van der Waals surface area contributed by atoms with Crippen LogP contribution in [0.1, 0.15) is 28.4 Å². The normalized spacial score (nSPS) is 13.2. The van der Waals surface area contributed by atoms with E-state index in [9.17, 15) is 4.79 Å². The summed E-state index contributed by atoms with van der Waals surface area (Å²) in [6, 6.07) is 15.7. The molecule has 0 unspecified atom stereocenters. The molecule has 0 saturated carbocycles. The summed E-state index contributed by atoms with van der Waals surface area (Å²) in [7, 11) is 0. The van der Waals surface area contributed by atoms with Gasteiger partial charge in [-0.15, -0.1) is 0 Å². The Morgan fingerprint density at radius 2 is 2.04 bits per heavy atom. The number of carbonyl (C=O) groups is 1. The van der Waals surface area contributed by atoms with Crippen LogP contribution in [0.25, 0.3) is 11.3 Å². The lowest BCUT2D eigenvalue weighted by atomic mass is 10.1. The number of fused-ring (bicyclic) bond motifs is 1. The van der Waals surface area contributed by atoms with E-state index in [-0.39, 0.29) is 5.91 Å². The van der Waals surface area contributed by atoms with E-state index in [4.69, 9.17) is 4.74 Å². The predicted molar refractivity (Wildman–Crippen MR) is 95.2 cm³/mol. The van der Waals surface area contributed by atoms with Gasteiger partial charge in [0.2, 0.25) is 0 Å². The highest BCUT2D eigenvalue weighted by Gasteiger charge is 2.26. The van der Waals surface area contributed by atoms with Crippen LogP contribution in [-0.2, 0) is 13.2 Å². The molecule has 0 bridgehead atoms. The third-order valence-electron chi connectivity index (χ3n) is 4.50. The quantitative estimate of drug-likeness (QED) is 0.775. The van der Waals surface area contributed by atoms with Crippen LogP contribution in [0.3, 0.4) is 0 Å². The molecule has 0 atom stereocenters. The van der Waals surface area contributed by atoms with Crippen LogP contribution in [0.15, 0.2) is 54.7 Å². The zero-order valence-corrected chi connectivity index (χ0v) is 14.0. The number of carbonyl (C=O) groups excluding carboxylic acids is 1. The third-order valence-corrected chi connectivity index (χ3v) is 4.50. The second-order valence-corrected chi connectivity index (χ2v) is 6.05. The van der Waals surface area contributed by atoms with Crippen molar-refractivity contribution in [3.05, 3.63) is 71.4 Å². The maximum absolute atomic E-state index is 12.2. The molecular weight excluding hydrogens is 314 g/mol. The minimum absolute atomic E-state index is 0.102. The van der Waals surface area contributed by atoms with E-state index in [0.717, 1.165) is 40.2 Å². The lowest BCUT2D eigenvalue weighted by molar-refractivity contribution is 0.0787. The molecule has 2 aromatic carbocycles. The first kappa shape index (κ1) is 15.4. The number of aromatic amines is 1. The zero-order valence-electron chi connectivity index (χ0n) is 14.0. The fraction of sp³-hybridized carbons (Fsp3) is 0.200. The lowest BCUT2D eigenvalue weighted by Gasteiger charge is -2.10. The number of nitrogens with one attached hydrogen (secondary N) is 1. The molecule has 1 amide bonds. The molecule has 1 aromatic heterocycles. The number of ether oxygens (including phenoxy) is 1. The third kappa shape index (κ3) is 2.89. The Bertz CT molecular complexity index is 902. The molecule has 0 radical (unpaired) electrons. The molecule has 126 valence electrons. The van der Waals surface area contributed by atoms with Crippen molar-refractivity contribution in [2.24, 2.45) is 0 Å². The van der Waals surface area contributed by atoms with Gasteiger partial charge in [0.05, 0.1) is 5.69 Å². The highest BCUT2D eigenvalue weighted by atomic mass is 16.5. The van der Waals surface area contributed by atoms with E-state index >= 15 is 0 Å². The minimum Gasteiger partial charge on any atom is -0.489 e. The second-order valence-electron chi connectivity index (χ2n) is 6.05. The molecule has 3 aromatic rings. The van der Waals surface area contributed by atoms with Crippen molar-refractivity contribution in [1.82, 2.24) is 15.1 Å². The SMILES string of the molecule is CCN1Cc2cc(OCc3c[nH]nc3-c3ccccc3)ccc2C1=O. The highest BCUT2D eigenvalue weighted by molar-refractivity contribution is 5.98. The number of nitrogens with zero attached hydrogens (tertiary/aromatic N) is 2. The molecule has 1 N–H and O–H groups in total. The van der Waals surface area contributed by atoms with E-state index in [1.165, 1.54) is 0 Å². The monoisotopic (exact) mass is 333 g/mol. The molecule has 0 spiro atoms. The van der Waals surface area contributed by atoms with Crippen LogP contribution in [0.4, 0.5) is 0 Å². The molecular formula is C20H19N3O2. The summed E-state index contributed by atoms with van der Waals surface area (Å²) < 4.78 is 5.95. The minimum atomic E-state index is 0.102. The standard InChI is InChI=1S/C20H19N3O2/c1-2-23-12-15-10-17(8-9-18(15)20(23)24)25-13-16-11-21-22-19(16)14-6-4-3-5-7-14/h3-11H,2,12-13H2,1H3,(H,21,22). The molecule has 5 heteroatoms. The van der Waals surface area contributed by atoms with Crippen LogP contribution in [-0.4, -0.2) is 27.5 Å². The average molecular weight is 333 g/mol. The number of amides is 1. The van der Waals surface area contributed by atoms with E-state index in [1.54, 1.807) is 0 Å². The van der Waals surface area contributed by atoms with E-state index in [1.807, 2.05) is 66.6 Å². The average Bonchev–Trinajstić information content (AvgIpc) is 3.25. The van der Waals surface area contributed by atoms with Gasteiger partial charge in [-0.25, -0.2) is 0 Å². The number of hydrogen-bond donors (Lipinski definition) is 1. The first-order valence-corrected chi connectivity index (χ1v) is 8.39. The van der Waals surface area contributed by atoms with Gasteiger partial charge in [0, 0.05) is 36.0 Å². The summed E-state index contributed by atoms with van der Waals surface area (Å²) in [6.45, 7) is 3.79. The summed E-state index contributed by atoms with van der Waals surface area (Å²) in [5, 5.41) is 7.24. The Kier molecular flexibility index (Phi) is 3.98. The number of rotatable bonds is 5. The Morgan fingerprint density at radius 1 is 1.20 bits per heavy atom. The van der Waals surface area contributed by atoms with Gasteiger partial charge in [0.15, 0.2) is 0 Å². The number of H-pyrrole nitrogens is 1. The van der Waals surface area contributed by atoms with Crippen LogP contribution < -0.4 is 4.74 Å². The summed E-state index contributed by atoms with van der Waals surface area (Å²) >= 11 is 0. The Balaban J connectivity index is 1.51. The number of hydrogen-bond acceptors (Lipinski definition) is 3. The van der Waals surface area contributed by atoms with Gasteiger partial charge in [0.1, 0.15) is 12.4 Å². The molecule has 0 aliphatic carbocycles. The van der Waals surface area contributed by atoms with Gasteiger partial charge in [-0.3, -0.25) is 9.89 Å². The molecule has 4 rings (SSSR count). The summed E-state index contributed by atoms with van der Waals surface area (Å²) in [5.74, 6) is 0.870. The van der Waals surface area contributed by atoms with Gasteiger partial charge >= 0.3 is 0 Å². The van der Waals surface area contributed by atoms with Gasteiger partial charge in [-0.2, -0.15) is 5.10 Å². The Hall–Kier alpha value is -3.08. The second kappa shape index (κ2) is 6.43. The van der Waals surface area contributed by atoms with E-state index in [2.05, 4.69) is 10.2 Å². The van der Waals surface area contributed by atoms with Crippen LogP contribution >= 0.6 is 0 Å². The van der Waals surface area contributed by atoms with Crippen LogP contribution in [0, 0.1) is 0 Å². The highest BCUT2D eigenvalue weighted by Crippen LogP contribution is 2.28. The molecule has 1 aliphatic heterocycles. The fourth-order valence-electron chi connectivity index (χ4n) is 3.13. The Labute approximate surface area is 146 Å². The first-order valence-electron chi connectivity index (χ1n) is 8.39. The van der Waals surface area contributed by atoms with Crippen molar-refractivity contribution in [3.63, 3.8) is 0 Å². The van der Waals surface area contributed by atoms with E-state index < -0.39 is 0 Å². The zero-order chi connectivity index (χ0) is 17.2. The van der Waals surface area contributed by atoms with Crippen LogP contribution in [0.2, 0.25) is 0 Å². The molecule has 25 heavy (non-hydrogen) atoms. The molecule has 0 fully saturated rings. The van der Waals surface area contributed by atoms with Crippen molar-refractivity contribution < 1.29 is 9.53 Å². The molecule has 1 aliphatic rings. The lowest BCUT2D eigenvalue weighted by Crippen LogP contribution is -2.22. The summed E-state index contributed by atoms with van der Waals surface area (Å²) in [6.07, 6.45) is 1.86. The van der Waals surface area contributed by atoms with Gasteiger partial charge in [-0.1, -0.05) is 30.3 Å². The van der Waals surface area contributed by atoms with Crippen molar-refractivity contribution in [2.45, 2.75) is 20.1 Å². The fourth-order valence-corrected chi connectivity index (χ4v) is 3.13.